The first-order valence-corrected chi connectivity index (χ1v) is 11.2. The molecule has 4 rings (SSSR count). The van der Waals surface area contributed by atoms with Crippen LogP contribution in [-0.2, 0) is 16.1 Å². The summed E-state index contributed by atoms with van der Waals surface area (Å²) in [5, 5.41) is 9.86. The maximum absolute atomic E-state index is 12.6. The van der Waals surface area contributed by atoms with Crippen molar-refractivity contribution in [3.05, 3.63) is 65.5 Å². The van der Waals surface area contributed by atoms with Crippen molar-refractivity contribution in [3.63, 3.8) is 0 Å². The van der Waals surface area contributed by atoms with Crippen molar-refractivity contribution in [2.75, 3.05) is 25.0 Å². The maximum atomic E-state index is 12.6. The zero-order valence-electron chi connectivity index (χ0n) is 19.0. The van der Waals surface area contributed by atoms with E-state index in [1.807, 2.05) is 56.3 Å². The van der Waals surface area contributed by atoms with E-state index >= 15 is 0 Å². The highest BCUT2D eigenvalue weighted by atomic mass is 16.5. The molecule has 1 fully saturated rings. The summed E-state index contributed by atoms with van der Waals surface area (Å²) in [5.74, 6) is 0.749. The first kappa shape index (κ1) is 22.7. The maximum Gasteiger partial charge on any atom is 0.246 e. The molecule has 1 saturated heterocycles. The molecule has 0 atom stereocenters. The van der Waals surface area contributed by atoms with Crippen LogP contribution in [0.3, 0.4) is 0 Å². The van der Waals surface area contributed by atoms with Gasteiger partial charge in [-0.2, -0.15) is 4.98 Å². The molecule has 3 aromatic rings. The Labute approximate surface area is 193 Å². The van der Waals surface area contributed by atoms with Crippen molar-refractivity contribution >= 4 is 17.5 Å². The van der Waals surface area contributed by atoms with Crippen LogP contribution < -0.4 is 10.6 Å². The quantitative estimate of drug-likeness (QED) is 0.576. The smallest absolute Gasteiger partial charge is 0.246 e. The van der Waals surface area contributed by atoms with Crippen LogP contribution >= 0.6 is 0 Å². The van der Waals surface area contributed by atoms with Crippen molar-refractivity contribution in [1.82, 2.24) is 20.4 Å². The largest absolute Gasteiger partial charge is 0.347 e. The lowest BCUT2D eigenvalue weighted by molar-refractivity contribution is -0.126. The summed E-state index contributed by atoms with van der Waals surface area (Å²) in [5.41, 5.74) is 3.93. The summed E-state index contributed by atoms with van der Waals surface area (Å²) in [6.45, 7) is 5.96. The molecule has 0 aliphatic carbocycles. The fourth-order valence-corrected chi connectivity index (χ4v) is 4.04. The number of anilines is 1. The van der Waals surface area contributed by atoms with Gasteiger partial charge in [0.05, 0.1) is 13.1 Å². The van der Waals surface area contributed by atoms with E-state index in [0.29, 0.717) is 44.2 Å². The Morgan fingerprint density at radius 2 is 1.85 bits per heavy atom. The fraction of sp³-hybridized carbons (Fsp3) is 0.360. The molecule has 1 aromatic heterocycles. The Morgan fingerprint density at radius 3 is 2.58 bits per heavy atom. The Kier molecular flexibility index (Phi) is 7.14. The lowest BCUT2D eigenvalue weighted by Crippen LogP contribution is -2.43. The zero-order valence-corrected chi connectivity index (χ0v) is 19.0. The highest BCUT2D eigenvalue weighted by molar-refractivity contribution is 5.93. The third-order valence-electron chi connectivity index (χ3n) is 5.90. The highest BCUT2D eigenvalue weighted by Crippen LogP contribution is 2.19. The number of aryl methyl sites for hydroxylation is 2. The van der Waals surface area contributed by atoms with Gasteiger partial charge >= 0.3 is 0 Å². The number of amides is 2. The van der Waals surface area contributed by atoms with Crippen molar-refractivity contribution in [1.29, 1.82) is 0 Å². The number of likely N-dealkylation sites (tertiary alicyclic amines) is 1. The van der Waals surface area contributed by atoms with Gasteiger partial charge in [0.15, 0.2) is 0 Å². The summed E-state index contributed by atoms with van der Waals surface area (Å²) in [4.78, 5) is 31.5. The van der Waals surface area contributed by atoms with Crippen molar-refractivity contribution in [2.45, 2.75) is 33.2 Å². The number of nitrogens with one attached hydrogen (secondary N) is 2. The summed E-state index contributed by atoms with van der Waals surface area (Å²) in [7, 11) is 0. The topological polar surface area (TPSA) is 100 Å². The molecule has 0 unspecified atom stereocenters. The van der Waals surface area contributed by atoms with Crippen LogP contribution in [0.25, 0.3) is 11.4 Å². The minimum absolute atomic E-state index is 0.0196. The number of benzene rings is 2. The van der Waals surface area contributed by atoms with Crippen LogP contribution in [0.5, 0.6) is 0 Å². The molecule has 8 nitrogen and oxygen atoms in total. The van der Waals surface area contributed by atoms with Gasteiger partial charge in [-0.15, -0.1) is 0 Å². The minimum atomic E-state index is -0.0832. The Balaban J connectivity index is 1.20. The number of hydrogen-bond donors (Lipinski definition) is 2. The molecule has 2 N–H and O–H groups in total. The van der Waals surface area contributed by atoms with Crippen LogP contribution in [0.4, 0.5) is 5.69 Å². The van der Waals surface area contributed by atoms with Crippen LogP contribution in [-0.4, -0.2) is 46.5 Å². The van der Waals surface area contributed by atoms with E-state index in [2.05, 4.69) is 31.7 Å². The molecule has 8 heteroatoms. The van der Waals surface area contributed by atoms with Gasteiger partial charge in [0, 0.05) is 17.2 Å². The van der Waals surface area contributed by atoms with Gasteiger partial charge in [0.1, 0.15) is 0 Å². The van der Waals surface area contributed by atoms with E-state index in [0.717, 1.165) is 16.8 Å². The standard InChI is InChI=1S/C25H29N5O3/c1-17-8-9-21(18(2)14-17)27-22(31)16-30-12-10-20(11-13-30)25(32)26-15-23-28-24(29-33-23)19-6-4-3-5-7-19/h3-9,14,20H,10-13,15-16H2,1-2H3,(H,26,32)(H,27,31). The minimum Gasteiger partial charge on any atom is -0.347 e. The van der Waals surface area contributed by atoms with Crippen LogP contribution in [0.2, 0.25) is 0 Å². The molecule has 2 amide bonds. The monoisotopic (exact) mass is 447 g/mol. The van der Waals surface area contributed by atoms with Crippen molar-refractivity contribution in [3.8, 4) is 11.4 Å². The SMILES string of the molecule is Cc1ccc(NC(=O)CN2CCC(C(=O)NCc3nc(-c4ccccc4)no3)CC2)c(C)c1. The predicted molar refractivity (Wildman–Crippen MR) is 125 cm³/mol. The fourth-order valence-electron chi connectivity index (χ4n) is 4.04. The van der Waals surface area contributed by atoms with Crippen molar-refractivity contribution < 1.29 is 14.1 Å². The molecule has 2 heterocycles. The summed E-state index contributed by atoms with van der Waals surface area (Å²) in [6.07, 6.45) is 1.42. The molecular weight excluding hydrogens is 418 g/mol. The second-order valence-corrected chi connectivity index (χ2v) is 8.51. The van der Waals surface area contributed by atoms with Gasteiger partial charge in [-0.1, -0.05) is 53.2 Å². The number of aromatic nitrogens is 2. The van der Waals surface area contributed by atoms with E-state index in [-0.39, 0.29) is 24.3 Å². The number of piperidine rings is 1. The van der Waals surface area contributed by atoms with Crippen LogP contribution in [0, 0.1) is 19.8 Å². The molecule has 0 spiro atoms. The Hall–Kier alpha value is -3.52. The first-order chi connectivity index (χ1) is 16.0. The molecule has 1 aliphatic rings. The lowest BCUT2D eigenvalue weighted by Gasteiger charge is -2.30. The summed E-state index contributed by atoms with van der Waals surface area (Å²) in [6, 6.07) is 15.5. The molecule has 1 aliphatic heterocycles. The van der Waals surface area contributed by atoms with E-state index < -0.39 is 0 Å². The third kappa shape index (κ3) is 6.04. The normalized spacial score (nSPS) is 14.7. The van der Waals surface area contributed by atoms with Gasteiger partial charge in [-0.3, -0.25) is 14.5 Å². The number of carbonyl (C=O) groups is 2. The third-order valence-corrected chi connectivity index (χ3v) is 5.90. The lowest BCUT2D eigenvalue weighted by atomic mass is 9.96. The Morgan fingerprint density at radius 1 is 1.09 bits per heavy atom. The summed E-state index contributed by atoms with van der Waals surface area (Å²) >= 11 is 0. The van der Waals surface area contributed by atoms with Crippen LogP contribution in [0.1, 0.15) is 29.9 Å². The molecular formula is C25H29N5O3. The number of nitrogens with zero attached hydrogens (tertiary/aromatic N) is 3. The predicted octanol–water partition coefficient (Wildman–Crippen LogP) is 3.32. The average Bonchev–Trinajstić information content (AvgIpc) is 3.29. The number of rotatable bonds is 7. The molecule has 0 radical (unpaired) electrons. The average molecular weight is 448 g/mol. The zero-order chi connectivity index (χ0) is 23.2. The number of hydrogen-bond acceptors (Lipinski definition) is 6. The van der Waals surface area contributed by atoms with Gasteiger partial charge in [-0.05, 0) is 51.4 Å². The number of carbonyl (C=O) groups excluding carboxylic acids is 2. The molecule has 172 valence electrons. The van der Waals surface area contributed by atoms with Gasteiger partial charge < -0.3 is 15.2 Å². The summed E-state index contributed by atoms with van der Waals surface area (Å²) < 4.78 is 5.25. The van der Waals surface area contributed by atoms with Gasteiger partial charge in [-0.25, -0.2) is 0 Å². The first-order valence-electron chi connectivity index (χ1n) is 11.2. The highest BCUT2D eigenvalue weighted by Gasteiger charge is 2.26. The van der Waals surface area contributed by atoms with Gasteiger partial charge in [0.25, 0.3) is 0 Å². The second kappa shape index (κ2) is 10.4. The van der Waals surface area contributed by atoms with E-state index in [4.69, 9.17) is 4.52 Å². The van der Waals surface area contributed by atoms with Crippen molar-refractivity contribution in [2.24, 2.45) is 5.92 Å². The van der Waals surface area contributed by atoms with E-state index in [1.165, 1.54) is 5.56 Å². The second-order valence-electron chi connectivity index (χ2n) is 8.51. The van der Waals surface area contributed by atoms with Crippen LogP contribution in [0.15, 0.2) is 53.1 Å². The molecule has 0 saturated carbocycles. The molecule has 33 heavy (non-hydrogen) atoms. The van der Waals surface area contributed by atoms with E-state index in [1.54, 1.807) is 0 Å². The molecule has 0 bridgehead atoms. The van der Waals surface area contributed by atoms with Gasteiger partial charge in [0.2, 0.25) is 23.5 Å². The van der Waals surface area contributed by atoms with E-state index in [9.17, 15) is 9.59 Å². The molecule has 2 aromatic carbocycles. The Bertz CT molecular complexity index is 1100.